The lowest BCUT2D eigenvalue weighted by molar-refractivity contribution is 0.264. The molecule has 2 rings (SSSR count). The molecule has 0 bridgehead atoms. The first-order valence-corrected chi connectivity index (χ1v) is 5.62. The van der Waals surface area contributed by atoms with Gasteiger partial charge in [0.1, 0.15) is 5.75 Å². The second-order valence-corrected chi connectivity index (χ2v) is 4.45. The summed E-state index contributed by atoms with van der Waals surface area (Å²) in [5, 5.41) is 0. The molecule has 0 unspecified atom stereocenters. The van der Waals surface area contributed by atoms with E-state index in [2.05, 4.69) is 25.1 Å². The van der Waals surface area contributed by atoms with Crippen LogP contribution in [0.25, 0.3) is 0 Å². The number of hydrogen-bond donors (Lipinski definition) is 1. The van der Waals surface area contributed by atoms with E-state index in [1.54, 1.807) is 7.11 Å². The van der Waals surface area contributed by atoms with Crippen molar-refractivity contribution < 1.29 is 4.74 Å². The van der Waals surface area contributed by atoms with E-state index in [0.29, 0.717) is 5.92 Å². The van der Waals surface area contributed by atoms with E-state index in [1.807, 2.05) is 0 Å². The Balaban J connectivity index is 2.20. The van der Waals surface area contributed by atoms with Gasteiger partial charge in [-0.25, -0.2) is 0 Å². The van der Waals surface area contributed by atoms with E-state index >= 15 is 0 Å². The Morgan fingerprint density at radius 1 is 1.40 bits per heavy atom. The minimum Gasteiger partial charge on any atom is -0.496 e. The molecular weight excluding hydrogens is 186 g/mol. The van der Waals surface area contributed by atoms with E-state index < -0.39 is 0 Å². The smallest absolute Gasteiger partial charge is 0.122 e. The Kier molecular flexibility index (Phi) is 2.96. The third-order valence-corrected chi connectivity index (χ3v) is 3.47. The van der Waals surface area contributed by atoms with Crippen molar-refractivity contribution in [1.82, 2.24) is 0 Å². The van der Waals surface area contributed by atoms with Gasteiger partial charge in [0.25, 0.3) is 0 Å². The Bertz CT molecular complexity index is 344. The quantitative estimate of drug-likeness (QED) is 0.823. The van der Waals surface area contributed by atoms with Crippen LogP contribution in [0.3, 0.4) is 0 Å². The normalized spacial score (nSPS) is 18.3. The number of methoxy groups -OCH3 is 1. The van der Waals surface area contributed by atoms with E-state index in [4.69, 9.17) is 10.5 Å². The molecule has 1 aliphatic carbocycles. The number of ether oxygens (including phenoxy) is 1. The van der Waals surface area contributed by atoms with Crippen molar-refractivity contribution in [3.8, 4) is 5.75 Å². The molecule has 0 saturated heterocycles. The van der Waals surface area contributed by atoms with Crippen molar-refractivity contribution >= 4 is 0 Å². The summed E-state index contributed by atoms with van der Waals surface area (Å²) in [5.41, 5.74) is 8.60. The molecule has 1 saturated carbocycles. The summed E-state index contributed by atoms with van der Waals surface area (Å²) in [6, 6.07) is 6.49. The van der Waals surface area contributed by atoms with Gasteiger partial charge in [-0.15, -0.1) is 0 Å². The summed E-state index contributed by atoms with van der Waals surface area (Å²) in [6.07, 6.45) is 3.89. The highest BCUT2D eigenvalue weighted by atomic mass is 16.5. The predicted octanol–water partition coefficient (Wildman–Crippen LogP) is 2.80. The zero-order valence-electron chi connectivity index (χ0n) is 9.49. The lowest BCUT2D eigenvalue weighted by atomic mass is 9.77. The lowest BCUT2D eigenvalue weighted by Gasteiger charge is -2.31. The second kappa shape index (κ2) is 4.23. The van der Waals surface area contributed by atoms with Gasteiger partial charge in [-0.2, -0.15) is 0 Å². The molecule has 0 aromatic heterocycles. The molecule has 1 aliphatic rings. The van der Waals surface area contributed by atoms with E-state index in [9.17, 15) is 0 Å². The fraction of sp³-hybridized carbons (Fsp3) is 0.538. The number of benzene rings is 1. The Hall–Kier alpha value is -1.02. The first-order valence-electron chi connectivity index (χ1n) is 5.62. The maximum atomic E-state index is 6.22. The zero-order valence-corrected chi connectivity index (χ0v) is 9.49. The molecule has 15 heavy (non-hydrogen) atoms. The van der Waals surface area contributed by atoms with E-state index in [1.165, 1.54) is 30.4 Å². The molecule has 0 heterocycles. The van der Waals surface area contributed by atoms with Crippen LogP contribution in [-0.4, -0.2) is 7.11 Å². The van der Waals surface area contributed by atoms with Crippen LogP contribution in [0.2, 0.25) is 0 Å². The van der Waals surface area contributed by atoms with Crippen LogP contribution in [0.5, 0.6) is 5.75 Å². The fourth-order valence-corrected chi connectivity index (χ4v) is 2.12. The highest BCUT2D eigenvalue weighted by Gasteiger charge is 2.25. The fourth-order valence-electron chi connectivity index (χ4n) is 2.12. The number of aryl methyl sites for hydroxylation is 1. The average Bonchev–Trinajstić information content (AvgIpc) is 2.15. The minimum atomic E-state index is 0.188. The molecule has 0 spiro atoms. The second-order valence-electron chi connectivity index (χ2n) is 4.45. The van der Waals surface area contributed by atoms with Gasteiger partial charge in [0, 0.05) is 6.04 Å². The summed E-state index contributed by atoms with van der Waals surface area (Å²) in [5.74, 6) is 1.62. The molecule has 1 aromatic carbocycles. The monoisotopic (exact) mass is 205 g/mol. The Morgan fingerprint density at radius 3 is 2.67 bits per heavy atom. The largest absolute Gasteiger partial charge is 0.496 e. The zero-order chi connectivity index (χ0) is 10.8. The molecule has 0 radical (unpaired) electrons. The summed E-state index contributed by atoms with van der Waals surface area (Å²) in [7, 11) is 1.71. The standard InChI is InChI=1S/C13H19NO/c1-9-6-7-11(8-12(9)15-2)13(14)10-4-3-5-10/h6-8,10,13H,3-5,14H2,1-2H3/t13-/m0/s1. The summed E-state index contributed by atoms with van der Waals surface area (Å²) < 4.78 is 5.31. The maximum absolute atomic E-state index is 6.22. The van der Waals surface area contributed by atoms with Gasteiger partial charge in [0.05, 0.1) is 7.11 Å². The van der Waals surface area contributed by atoms with Crippen LogP contribution in [0.15, 0.2) is 18.2 Å². The van der Waals surface area contributed by atoms with Crippen molar-refractivity contribution in [2.24, 2.45) is 11.7 Å². The minimum absolute atomic E-state index is 0.188. The van der Waals surface area contributed by atoms with Gasteiger partial charge in [-0.1, -0.05) is 18.6 Å². The van der Waals surface area contributed by atoms with Crippen LogP contribution in [-0.2, 0) is 0 Å². The van der Waals surface area contributed by atoms with Gasteiger partial charge in [-0.05, 0) is 42.9 Å². The van der Waals surface area contributed by atoms with Crippen molar-refractivity contribution in [2.75, 3.05) is 7.11 Å². The van der Waals surface area contributed by atoms with Gasteiger partial charge >= 0.3 is 0 Å². The predicted molar refractivity (Wildman–Crippen MR) is 62.0 cm³/mol. The van der Waals surface area contributed by atoms with Gasteiger partial charge in [0.15, 0.2) is 0 Å². The van der Waals surface area contributed by atoms with Crippen LogP contribution in [0.4, 0.5) is 0 Å². The van der Waals surface area contributed by atoms with Crippen LogP contribution >= 0.6 is 0 Å². The van der Waals surface area contributed by atoms with Gasteiger partial charge in [0.2, 0.25) is 0 Å². The SMILES string of the molecule is COc1cc([C@@H](N)C2CCC2)ccc1C. The first-order chi connectivity index (χ1) is 7.22. The third-order valence-electron chi connectivity index (χ3n) is 3.47. The van der Waals surface area contributed by atoms with Gasteiger partial charge in [-0.3, -0.25) is 0 Å². The number of nitrogens with two attached hydrogens (primary N) is 1. The van der Waals surface area contributed by atoms with Crippen molar-refractivity contribution in [3.63, 3.8) is 0 Å². The van der Waals surface area contributed by atoms with Gasteiger partial charge < -0.3 is 10.5 Å². The maximum Gasteiger partial charge on any atom is 0.122 e. The highest BCUT2D eigenvalue weighted by molar-refractivity contribution is 5.38. The molecule has 2 N–H and O–H groups in total. The van der Waals surface area contributed by atoms with Crippen molar-refractivity contribution in [1.29, 1.82) is 0 Å². The van der Waals surface area contributed by atoms with Crippen LogP contribution in [0, 0.1) is 12.8 Å². The molecule has 2 nitrogen and oxygen atoms in total. The molecule has 1 aromatic rings. The Morgan fingerprint density at radius 2 is 2.13 bits per heavy atom. The number of hydrogen-bond acceptors (Lipinski definition) is 2. The lowest BCUT2D eigenvalue weighted by Crippen LogP contribution is -2.26. The average molecular weight is 205 g/mol. The molecular formula is C13H19NO. The molecule has 82 valence electrons. The van der Waals surface area contributed by atoms with E-state index in [0.717, 1.165) is 5.75 Å². The third kappa shape index (κ3) is 2.00. The first kappa shape index (κ1) is 10.5. The van der Waals surface area contributed by atoms with E-state index in [-0.39, 0.29) is 6.04 Å². The van der Waals surface area contributed by atoms with Crippen LogP contribution < -0.4 is 10.5 Å². The summed E-state index contributed by atoms with van der Waals surface area (Å²) in [4.78, 5) is 0. The molecule has 2 heteroatoms. The van der Waals surface area contributed by atoms with Crippen LogP contribution in [0.1, 0.15) is 36.4 Å². The molecule has 0 aliphatic heterocycles. The Labute approximate surface area is 91.4 Å². The van der Waals surface area contributed by atoms with Crippen molar-refractivity contribution in [3.05, 3.63) is 29.3 Å². The molecule has 0 amide bonds. The number of rotatable bonds is 3. The summed E-state index contributed by atoms with van der Waals surface area (Å²) in [6.45, 7) is 2.05. The van der Waals surface area contributed by atoms with Crippen molar-refractivity contribution in [2.45, 2.75) is 32.2 Å². The highest BCUT2D eigenvalue weighted by Crippen LogP contribution is 2.37. The molecule has 1 atom stereocenters. The topological polar surface area (TPSA) is 35.2 Å². The molecule has 1 fully saturated rings. The summed E-state index contributed by atoms with van der Waals surface area (Å²) >= 11 is 0.